The Morgan fingerprint density at radius 2 is 1.68 bits per heavy atom. The number of hydrogen-bond donors (Lipinski definition) is 2. The van der Waals surface area contributed by atoms with Crippen LogP contribution in [0.3, 0.4) is 0 Å². The van der Waals surface area contributed by atoms with Gasteiger partial charge in [-0.15, -0.1) is 0 Å². The molecule has 1 heterocycles. The molecule has 1 aromatic heterocycles. The maximum absolute atomic E-state index is 12.6. The number of nitrogens with zero attached hydrogens (tertiary/aromatic N) is 1. The lowest BCUT2D eigenvalue weighted by Gasteiger charge is -2.10. The second-order valence-electron chi connectivity index (χ2n) is 6.65. The van der Waals surface area contributed by atoms with Crippen LogP contribution in [0.25, 0.3) is 0 Å². The second-order valence-corrected chi connectivity index (χ2v) is 6.65. The summed E-state index contributed by atoms with van der Waals surface area (Å²) < 4.78 is 0. The first-order chi connectivity index (χ1) is 13.5. The lowest BCUT2D eigenvalue weighted by Crippen LogP contribution is -2.17. The minimum Gasteiger partial charge on any atom is -0.322 e. The van der Waals surface area contributed by atoms with Gasteiger partial charge in [0.05, 0.1) is 0 Å². The summed E-state index contributed by atoms with van der Waals surface area (Å²) in [5.74, 6) is -0.629. The van der Waals surface area contributed by atoms with E-state index in [0.717, 1.165) is 28.8 Å². The molecule has 0 aliphatic carbocycles. The fraction of sp³-hybridized carbons (Fsp3) is 0.174. The minimum atomic E-state index is -0.346. The Bertz CT molecular complexity index is 1030. The molecule has 142 valence electrons. The van der Waals surface area contributed by atoms with Crippen LogP contribution < -0.4 is 10.6 Å². The number of aromatic nitrogens is 1. The van der Waals surface area contributed by atoms with Gasteiger partial charge in [0.25, 0.3) is 11.8 Å². The molecule has 5 heteroatoms. The van der Waals surface area contributed by atoms with Gasteiger partial charge in [0, 0.05) is 23.1 Å². The Labute approximate surface area is 164 Å². The van der Waals surface area contributed by atoms with E-state index in [-0.39, 0.29) is 17.5 Å². The van der Waals surface area contributed by atoms with E-state index in [9.17, 15) is 9.59 Å². The summed E-state index contributed by atoms with van der Waals surface area (Å²) in [5.41, 5.74) is 5.34. The van der Waals surface area contributed by atoms with Gasteiger partial charge in [-0.25, -0.2) is 0 Å². The van der Waals surface area contributed by atoms with E-state index >= 15 is 0 Å². The van der Waals surface area contributed by atoms with Crippen molar-refractivity contribution in [2.24, 2.45) is 0 Å². The first-order valence-electron chi connectivity index (χ1n) is 9.22. The van der Waals surface area contributed by atoms with Gasteiger partial charge in [0.15, 0.2) is 0 Å². The highest BCUT2D eigenvalue weighted by molar-refractivity contribution is 6.08. The summed E-state index contributed by atoms with van der Waals surface area (Å²) in [6.45, 7) is 6.04. The number of carbonyl (C=O) groups is 2. The molecule has 2 amide bonds. The van der Waals surface area contributed by atoms with Gasteiger partial charge in [0.1, 0.15) is 5.69 Å². The predicted molar refractivity (Wildman–Crippen MR) is 112 cm³/mol. The standard InChI is InChI=1S/C23H23N3O2/c1-4-17-7-5-6-8-20(17)26-23(28)21-14-18(11-12-24-21)22(27)25-19-10-9-15(2)16(3)13-19/h5-14H,4H2,1-3H3,(H,25,27)(H,26,28). The summed E-state index contributed by atoms with van der Waals surface area (Å²) in [5, 5.41) is 5.74. The van der Waals surface area contributed by atoms with E-state index in [2.05, 4.69) is 15.6 Å². The number of nitrogens with one attached hydrogen (secondary N) is 2. The molecule has 2 aromatic carbocycles. The lowest BCUT2D eigenvalue weighted by atomic mass is 10.1. The molecule has 0 aliphatic rings. The maximum Gasteiger partial charge on any atom is 0.274 e. The van der Waals surface area contributed by atoms with Crippen molar-refractivity contribution < 1.29 is 9.59 Å². The molecule has 5 nitrogen and oxygen atoms in total. The van der Waals surface area contributed by atoms with Crippen molar-refractivity contribution in [3.8, 4) is 0 Å². The average Bonchev–Trinajstić information content (AvgIpc) is 2.71. The quantitative estimate of drug-likeness (QED) is 0.677. The Morgan fingerprint density at radius 1 is 0.893 bits per heavy atom. The van der Waals surface area contributed by atoms with Gasteiger partial charge in [-0.3, -0.25) is 14.6 Å². The second kappa shape index (κ2) is 8.48. The van der Waals surface area contributed by atoms with Crippen LogP contribution in [-0.2, 0) is 6.42 Å². The van der Waals surface area contributed by atoms with Gasteiger partial charge < -0.3 is 10.6 Å². The van der Waals surface area contributed by atoms with E-state index in [4.69, 9.17) is 0 Å². The van der Waals surface area contributed by atoms with Crippen LogP contribution in [0.4, 0.5) is 11.4 Å². The number of hydrogen-bond acceptors (Lipinski definition) is 3. The van der Waals surface area contributed by atoms with Crippen molar-refractivity contribution in [2.45, 2.75) is 27.2 Å². The molecule has 0 fully saturated rings. The third kappa shape index (κ3) is 4.43. The van der Waals surface area contributed by atoms with Gasteiger partial charge in [0.2, 0.25) is 0 Å². The van der Waals surface area contributed by atoms with E-state index < -0.39 is 0 Å². The lowest BCUT2D eigenvalue weighted by molar-refractivity contribution is 0.102. The zero-order valence-electron chi connectivity index (χ0n) is 16.2. The van der Waals surface area contributed by atoms with Gasteiger partial charge >= 0.3 is 0 Å². The predicted octanol–water partition coefficient (Wildman–Crippen LogP) is 4.77. The molecule has 3 rings (SSSR count). The van der Waals surface area contributed by atoms with Crippen molar-refractivity contribution in [3.63, 3.8) is 0 Å². The monoisotopic (exact) mass is 373 g/mol. The summed E-state index contributed by atoms with van der Waals surface area (Å²) in [6.07, 6.45) is 2.28. The molecule has 2 N–H and O–H groups in total. The zero-order valence-corrected chi connectivity index (χ0v) is 16.2. The number of aryl methyl sites for hydroxylation is 3. The molecule has 0 saturated heterocycles. The van der Waals surface area contributed by atoms with Crippen molar-refractivity contribution >= 4 is 23.2 Å². The fourth-order valence-electron chi connectivity index (χ4n) is 2.86. The molecule has 0 radical (unpaired) electrons. The van der Waals surface area contributed by atoms with Crippen LogP contribution in [0.15, 0.2) is 60.8 Å². The normalized spacial score (nSPS) is 10.4. The fourth-order valence-corrected chi connectivity index (χ4v) is 2.86. The SMILES string of the molecule is CCc1ccccc1NC(=O)c1cc(C(=O)Nc2ccc(C)c(C)c2)ccn1. The number of pyridine rings is 1. The molecule has 0 aliphatic heterocycles. The highest BCUT2D eigenvalue weighted by atomic mass is 16.2. The molecule has 0 spiro atoms. The Morgan fingerprint density at radius 3 is 2.43 bits per heavy atom. The maximum atomic E-state index is 12.6. The molecular weight excluding hydrogens is 350 g/mol. The third-order valence-electron chi connectivity index (χ3n) is 4.67. The number of amides is 2. The average molecular weight is 373 g/mol. The summed E-state index contributed by atoms with van der Waals surface area (Å²) in [7, 11) is 0. The molecule has 0 saturated carbocycles. The summed E-state index contributed by atoms with van der Waals surface area (Å²) in [4.78, 5) is 29.3. The van der Waals surface area contributed by atoms with Crippen LogP contribution >= 0.6 is 0 Å². The Balaban J connectivity index is 1.76. The highest BCUT2D eigenvalue weighted by Gasteiger charge is 2.13. The van der Waals surface area contributed by atoms with Crippen molar-refractivity contribution in [1.29, 1.82) is 0 Å². The molecular formula is C23H23N3O2. The van der Waals surface area contributed by atoms with Crippen molar-refractivity contribution in [3.05, 3.63) is 88.7 Å². The van der Waals surface area contributed by atoms with Gasteiger partial charge in [-0.1, -0.05) is 31.2 Å². The topological polar surface area (TPSA) is 71.1 Å². The van der Waals surface area contributed by atoms with Crippen LogP contribution in [0.1, 0.15) is 44.5 Å². The molecule has 28 heavy (non-hydrogen) atoms. The van der Waals surface area contributed by atoms with Crippen molar-refractivity contribution in [2.75, 3.05) is 10.6 Å². The van der Waals surface area contributed by atoms with Crippen LogP contribution in [-0.4, -0.2) is 16.8 Å². The molecule has 0 bridgehead atoms. The molecule has 3 aromatic rings. The smallest absolute Gasteiger partial charge is 0.274 e. The first kappa shape index (κ1) is 19.3. The number of anilines is 2. The van der Waals surface area contributed by atoms with E-state index in [1.54, 1.807) is 6.07 Å². The number of carbonyl (C=O) groups excluding carboxylic acids is 2. The van der Waals surface area contributed by atoms with Crippen molar-refractivity contribution in [1.82, 2.24) is 4.98 Å². The highest BCUT2D eigenvalue weighted by Crippen LogP contribution is 2.18. The van der Waals surface area contributed by atoms with Crippen LogP contribution in [0.2, 0.25) is 0 Å². The first-order valence-corrected chi connectivity index (χ1v) is 9.22. The van der Waals surface area contributed by atoms with Crippen LogP contribution in [0, 0.1) is 13.8 Å². The summed E-state index contributed by atoms with van der Waals surface area (Å²) >= 11 is 0. The van der Waals surface area contributed by atoms with E-state index in [1.165, 1.54) is 12.3 Å². The third-order valence-corrected chi connectivity index (χ3v) is 4.67. The number of para-hydroxylation sites is 1. The zero-order chi connectivity index (χ0) is 20.1. The van der Waals surface area contributed by atoms with E-state index in [0.29, 0.717) is 11.3 Å². The number of benzene rings is 2. The molecule has 0 atom stereocenters. The summed E-state index contributed by atoms with van der Waals surface area (Å²) in [6, 6.07) is 16.5. The number of rotatable bonds is 5. The van der Waals surface area contributed by atoms with Gasteiger partial charge in [-0.05, 0) is 67.3 Å². The van der Waals surface area contributed by atoms with Crippen LogP contribution in [0.5, 0.6) is 0 Å². The largest absolute Gasteiger partial charge is 0.322 e. The Hall–Kier alpha value is -3.47. The van der Waals surface area contributed by atoms with E-state index in [1.807, 2.05) is 63.2 Å². The minimum absolute atomic E-state index is 0.193. The molecule has 0 unspecified atom stereocenters. The Kier molecular flexibility index (Phi) is 5.84. The van der Waals surface area contributed by atoms with Gasteiger partial charge in [-0.2, -0.15) is 0 Å².